The quantitative estimate of drug-likeness (QED) is 0.123. The van der Waals surface area contributed by atoms with Crippen LogP contribution in [-0.4, -0.2) is 55.4 Å². The second-order valence-corrected chi connectivity index (χ2v) is 32.5. The fourth-order valence-electron chi connectivity index (χ4n) is 18.6. The van der Waals surface area contributed by atoms with Gasteiger partial charge in [0.2, 0.25) is 0 Å². The van der Waals surface area contributed by atoms with E-state index in [0.717, 1.165) is 99.0 Å². The Morgan fingerprint density at radius 3 is 0.845 bits per heavy atom. The summed E-state index contributed by atoms with van der Waals surface area (Å²) in [6.07, 6.45) is 0. The lowest BCUT2D eigenvalue weighted by molar-refractivity contribution is 0.00578. The third-order valence-corrected chi connectivity index (χ3v) is 25.0. The van der Waals surface area contributed by atoms with Crippen LogP contribution in [0.5, 0.6) is 0 Å². The van der Waals surface area contributed by atoms with Crippen molar-refractivity contribution in [2.24, 2.45) is 0 Å². The minimum absolute atomic E-state index is 0.362. The molecule has 8 aromatic heterocycles. The molecule has 0 atom stereocenters. The molecule has 0 unspecified atom stereocenters. The molecule has 24 aromatic rings. The van der Waals surface area contributed by atoms with Crippen molar-refractivity contribution >= 4 is 192 Å². The van der Waals surface area contributed by atoms with E-state index in [0.29, 0.717) is 0 Å². The fourth-order valence-corrected chi connectivity index (χ4v) is 19.1. The van der Waals surface area contributed by atoms with E-state index in [-0.39, 0.29) is 18.3 Å². The van der Waals surface area contributed by atoms with Gasteiger partial charge in [0.1, 0.15) is 11.3 Å². The first kappa shape index (κ1) is 67.8. The number of aromatic nitrogens is 8. The van der Waals surface area contributed by atoms with Crippen molar-refractivity contribution in [1.29, 1.82) is 0 Å². The molecule has 16 aromatic carbocycles. The third-order valence-electron chi connectivity index (χ3n) is 24.5. The van der Waals surface area contributed by atoms with Gasteiger partial charge < -0.3 is 27.6 Å². The van der Waals surface area contributed by atoms with Gasteiger partial charge in [-0.2, -0.15) is 0 Å². The summed E-state index contributed by atoms with van der Waals surface area (Å²) < 4.78 is 27.8. The largest absolute Gasteiger partial charge is 0.494 e. The van der Waals surface area contributed by atoms with Crippen molar-refractivity contribution in [2.75, 3.05) is 0 Å². The van der Waals surface area contributed by atoms with Crippen molar-refractivity contribution in [3.8, 4) is 33.9 Å². The number of imidazole rings is 2. The van der Waals surface area contributed by atoms with Gasteiger partial charge >= 0.3 is 7.12 Å². The lowest BCUT2D eigenvalue weighted by Crippen LogP contribution is -2.41. The Morgan fingerprint density at radius 2 is 0.509 bits per heavy atom. The second kappa shape index (κ2) is 26.1. The molecule has 1 aliphatic rings. The van der Waals surface area contributed by atoms with Gasteiger partial charge in [-0.3, -0.25) is 8.80 Å². The zero-order chi connectivity index (χ0) is 77.2. The number of pyridine rings is 2. The average Bonchev–Trinajstić information content (AvgIpc) is 1.51. The topological polar surface area (TPSA) is 72.8 Å². The highest BCUT2D eigenvalue weighted by Crippen LogP contribution is 2.44. The van der Waals surface area contributed by atoms with Gasteiger partial charge in [-0.1, -0.05) is 246 Å². The van der Waals surface area contributed by atoms with Crippen LogP contribution in [0.3, 0.4) is 0 Å². The summed E-state index contributed by atoms with van der Waals surface area (Å²) in [5.41, 5.74) is 25.3. The van der Waals surface area contributed by atoms with Crippen LogP contribution in [0.2, 0.25) is 0 Å². The SMILES string of the molecule is Brc1cc(-n2c3ccccc3c3ccccc32)cc(-n2c3ccccc3c3ccccc32)c1.CC1(C)OB(c2ccc3c(c2)c2ccccc2n2c4ccccc4nc32)OC1(C)C.c1ccc2c(c1)nc1c3ccc(-c4cc(-n5c6ccccc6c6ccccc65)cc(-n5c6ccccc6c6ccccc65)c4)cc3c3ccccc3n21. The molecule has 0 radical (unpaired) electrons. The van der Waals surface area contributed by atoms with E-state index in [1.54, 1.807) is 0 Å². The Kier molecular flexibility index (Phi) is 15.2. The molecule has 1 aliphatic heterocycles. The average molecular weight is 1560 g/mol. The van der Waals surface area contributed by atoms with Crippen LogP contribution >= 0.6 is 15.9 Å². The Hall–Kier alpha value is -13.9. The number of rotatable bonds is 6. The van der Waals surface area contributed by atoms with E-state index >= 15 is 0 Å². The first-order valence-electron chi connectivity index (χ1n) is 39.6. The summed E-state index contributed by atoms with van der Waals surface area (Å²) >= 11 is 3.81. The Balaban J connectivity index is 0.000000109. The molecule has 116 heavy (non-hydrogen) atoms. The van der Waals surface area contributed by atoms with Crippen molar-refractivity contribution in [2.45, 2.75) is 38.9 Å². The molecule has 10 nitrogen and oxygen atoms in total. The molecule has 0 saturated carbocycles. The number of para-hydroxylation sites is 14. The van der Waals surface area contributed by atoms with Crippen molar-refractivity contribution in [3.63, 3.8) is 0 Å². The van der Waals surface area contributed by atoms with Crippen LogP contribution in [0.1, 0.15) is 27.7 Å². The highest BCUT2D eigenvalue weighted by Gasteiger charge is 2.52. The van der Waals surface area contributed by atoms with Gasteiger partial charge in [0.25, 0.3) is 0 Å². The summed E-state index contributed by atoms with van der Waals surface area (Å²) in [6, 6.07) is 131. The molecule has 0 spiro atoms. The van der Waals surface area contributed by atoms with E-state index in [2.05, 4.69) is 429 Å². The number of fused-ring (bicyclic) bond motifs is 28. The molecule has 1 saturated heterocycles. The predicted octanol–water partition coefficient (Wildman–Crippen LogP) is 26.4. The van der Waals surface area contributed by atoms with E-state index in [1.807, 2.05) is 6.07 Å². The maximum atomic E-state index is 6.30. The van der Waals surface area contributed by atoms with Gasteiger partial charge in [0.05, 0.1) is 88.4 Å². The maximum absolute atomic E-state index is 6.30. The lowest BCUT2D eigenvalue weighted by atomic mass is 9.78. The predicted molar refractivity (Wildman–Crippen MR) is 488 cm³/mol. The monoisotopic (exact) mass is 1550 g/mol. The van der Waals surface area contributed by atoms with Gasteiger partial charge in [-0.05, 0) is 189 Å². The summed E-state index contributed by atoms with van der Waals surface area (Å²) in [5, 5.41) is 17.1. The fraction of sp³-hybridized carbons (Fsp3) is 0.0577. The zero-order valence-electron chi connectivity index (χ0n) is 64.0. The van der Waals surface area contributed by atoms with Crippen molar-refractivity contribution in [3.05, 3.63) is 368 Å². The third kappa shape index (κ3) is 10.4. The summed E-state index contributed by atoms with van der Waals surface area (Å²) in [6.45, 7) is 8.35. The molecule has 0 bridgehead atoms. The van der Waals surface area contributed by atoms with Gasteiger partial charge in [-0.15, -0.1) is 0 Å². The van der Waals surface area contributed by atoms with E-state index in [4.69, 9.17) is 19.3 Å². The van der Waals surface area contributed by atoms with Gasteiger partial charge in [0, 0.05) is 91.9 Å². The molecule has 0 amide bonds. The number of hydrogen-bond donors (Lipinski definition) is 0. The normalized spacial score (nSPS) is 13.6. The van der Waals surface area contributed by atoms with Crippen LogP contribution in [0.15, 0.2) is 368 Å². The number of halogens is 1. The van der Waals surface area contributed by atoms with Crippen LogP contribution < -0.4 is 5.46 Å². The van der Waals surface area contributed by atoms with Crippen molar-refractivity contribution < 1.29 is 9.31 Å². The van der Waals surface area contributed by atoms with Crippen molar-refractivity contribution in [1.82, 2.24) is 37.0 Å². The molecule has 12 heteroatoms. The highest BCUT2D eigenvalue weighted by atomic mass is 79.9. The second-order valence-electron chi connectivity index (χ2n) is 31.6. The Morgan fingerprint density at radius 1 is 0.241 bits per heavy atom. The standard InChI is InChI=1S/C49H30N4.C30H19BrN2.C25H23BN2O2/c1-7-19-43-35(13-1)36-14-2-8-20-44(36)51(43)33-27-32(28-34(30-33)52-45-21-9-3-15-37(45)38-16-4-10-22-46(38)52)31-25-26-40-41(29-31)39-17-5-11-23-47(39)53-48-24-12-6-18-42(48)50-49(40)53;31-20-17-21(32-27-13-5-1-9-23(27)24-10-2-6-14-28(24)32)19-22(18-20)33-29-15-7-3-11-25(29)26-12-4-8-16-30(26)33;1-24(2)25(3,4)30-26(29-24)16-13-14-18-19(15-16)17-9-5-7-11-21(17)28-22-12-8-6-10-20(22)27-23(18)28/h1-30H;1-19H;5-15H,1-4H3. The number of hydrogen-bond acceptors (Lipinski definition) is 4. The van der Waals surface area contributed by atoms with E-state index in [9.17, 15) is 0 Å². The Labute approximate surface area is 675 Å². The minimum Gasteiger partial charge on any atom is -0.399 e. The summed E-state index contributed by atoms with van der Waals surface area (Å²) in [7, 11) is -0.381. The molecular formula is C104H72BBrN8O2. The first-order valence-corrected chi connectivity index (χ1v) is 40.4. The van der Waals surface area contributed by atoms with Gasteiger partial charge in [0.15, 0.2) is 0 Å². The lowest BCUT2D eigenvalue weighted by Gasteiger charge is -2.32. The molecule has 9 heterocycles. The molecular weight excluding hydrogens is 1480 g/mol. The summed E-state index contributed by atoms with van der Waals surface area (Å²) in [4.78, 5) is 10.1. The number of benzene rings is 16. The molecule has 1 fully saturated rings. The molecule has 0 aliphatic carbocycles. The van der Waals surface area contributed by atoms with Crippen LogP contribution in [0.4, 0.5) is 0 Å². The van der Waals surface area contributed by atoms with E-state index in [1.165, 1.54) is 109 Å². The van der Waals surface area contributed by atoms with Gasteiger partial charge in [-0.25, -0.2) is 9.97 Å². The minimum atomic E-state index is -0.381. The van der Waals surface area contributed by atoms with Crippen LogP contribution in [-0.2, 0) is 9.31 Å². The van der Waals surface area contributed by atoms with Crippen LogP contribution in [0.25, 0.3) is 198 Å². The molecule has 0 N–H and O–H groups in total. The summed E-state index contributed by atoms with van der Waals surface area (Å²) in [5.74, 6) is 0. The molecule has 550 valence electrons. The molecule has 25 rings (SSSR count). The number of nitrogens with zero attached hydrogens (tertiary/aromatic N) is 8. The smallest absolute Gasteiger partial charge is 0.399 e. The van der Waals surface area contributed by atoms with E-state index < -0.39 is 0 Å². The Bertz CT molecular complexity index is 7740. The highest BCUT2D eigenvalue weighted by molar-refractivity contribution is 9.10. The zero-order valence-corrected chi connectivity index (χ0v) is 65.6. The van der Waals surface area contributed by atoms with Crippen LogP contribution in [0, 0.1) is 0 Å². The first-order chi connectivity index (χ1) is 56.9. The maximum Gasteiger partial charge on any atom is 0.494 e.